The summed E-state index contributed by atoms with van der Waals surface area (Å²) in [5.74, 6) is -2.55. The number of rotatable bonds is 4. The molecule has 0 saturated heterocycles. The van der Waals surface area contributed by atoms with Gasteiger partial charge in [-0.1, -0.05) is 12.1 Å². The Hall–Kier alpha value is -1.16. The summed E-state index contributed by atoms with van der Waals surface area (Å²) in [6.07, 6.45) is -0.0354. The smallest absolute Gasteiger partial charge is 0.285 e. The molecule has 0 bridgehead atoms. The van der Waals surface area contributed by atoms with Gasteiger partial charge in [0.25, 0.3) is 5.92 Å². The van der Waals surface area contributed by atoms with Crippen molar-refractivity contribution >= 4 is 0 Å². The van der Waals surface area contributed by atoms with Gasteiger partial charge in [-0.3, -0.25) is 0 Å². The van der Waals surface area contributed by atoms with E-state index in [0.29, 0.717) is 5.75 Å². The Kier molecular flexibility index (Phi) is 3.63. The average molecular weight is 215 g/mol. The summed E-state index contributed by atoms with van der Waals surface area (Å²) < 4.78 is 31.8. The summed E-state index contributed by atoms with van der Waals surface area (Å²) in [5, 5.41) is 0. The molecule has 4 heteroatoms. The van der Waals surface area contributed by atoms with Crippen LogP contribution in [0.5, 0.6) is 5.75 Å². The van der Waals surface area contributed by atoms with E-state index >= 15 is 0 Å². The molecule has 0 amide bonds. The number of benzene rings is 1. The van der Waals surface area contributed by atoms with Crippen LogP contribution >= 0.6 is 0 Å². The number of alkyl halides is 2. The number of ether oxygens (including phenoxy) is 1. The van der Waals surface area contributed by atoms with Gasteiger partial charge >= 0.3 is 0 Å². The van der Waals surface area contributed by atoms with Crippen LogP contribution in [-0.4, -0.2) is 12.6 Å². The molecule has 0 aliphatic rings. The van der Waals surface area contributed by atoms with Gasteiger partial charge in [-0.05, 0) is 26.0 Å². The van der Waals surface area contributed by atoms with E-state index in [2.05, 4.69) is 0 Å². The van der Waals surface area contributed by atoms with Gasteiger partial charge in [-0.15, -0.1) is 0 Å². The minimum Gasteiger partial charge on any atom is -0.491 e. The number of hydrogen-bond donors (Lipinski definition) is 1. The maximum absolute atomic E-state index is 13.2. The van der Waals surface area contributed by atoms with Gasteiger partial charge in [0, 0.05) is 5.56 Å². The Labute approximate surface area is 88.0 Å². The van der Waals surface area contributed by atoms with Crippen LogP contribution in [0.4, 0.5) is 8.78 Å². The van der Waals surface area contributed by atoms with E-state index in [-0.39, 0.29) is 11.7 Å². The highest BCUT2D eigenvalue weighted by molar-refractivity contribution is 5.31. The zero-order valence-corrected chi connectivity index (χ0v) is 8.84. The predicted octanol–water partition coefficient (Wildman–Crippen LogP) is 2.52. The van der Waals surface area contributed by atoms with Gasteiger partial charge < -0.3 is 10.5 Å². The van der Waals surface area contributed by atoms with Crippen LogP contribution in [0.2, 0.25) is 0 Å². The van der Waals surface area contributed by atoms with Crippen molar-refractivity contribution in [2.45, 2.75) is 25.9 Å². The monoisotopic (exact) mass is 215 g/mol. The molecule has 0 atom stereocenters. The van der Waals surface area contributed by atoms with Gasteiger partial charge in [0.2, 0.25) is 0 Å². The summed E-state index contributed by atoms with van der Waals surface area (Å²) in [6.45, 7) is 2.99. The fourth-order valence-corrected chi connectivity index (χ4v) is 1.19. The summed E-state index contributed by atoms with van der Waals surface area (Å²) >= 11 is 0. The molecular weight excluding hydrogens is 200 g/mol. The van der Waals surface area contributed by atoms with Crippen molar-refractivity contribution in [3.8, 4) is 5.75 Å². The van der Waals surface area contributed by atoms with Crippen LogP contribution in [0, 0.1) is 0 Å². The molecule has 1 aromatic carbocycles. The lowest BCUT2D eigenvalue weighted by Gasteiger charge is -2.16. The second-order valence-corrected chi connectivity index (χ2v) is 3.60. The standard InChI is InChI=1S/C11H15F2NO/c1-8(2)15-10-5-3-4-9(6-10)11(12,13)7-14/h3-6,8H,7,14H2,1-2H3. The molecule has 2 N–H and O–H groups in total. The second kappa shape index (κ2) is 4.57. The molecule has 0 spiro atoms. The normalized spacial score (nSPS) is 11.9. The minimum absolute atomic E-state index is 0.0354. The zero-order valence-electron chi connectivity index (χ0n) is 8.84. The van der Waals surface area contributed by atoms with Crippen molar-refractivity contribution < 1.29 is 13.5 Å². The fourth-order valence-electron chi connectivity index (χ4n) is 1.19. The average Bonchev–Trinajstić information content (AvgIpc) is 2.17. The molecule has 0 aromatic heterocycles. The summed E-state index contributed by atoms with van der Waals surface area (Å²) in [5.41, 5.74) is 4.89. The lowest BCUT2D eigenvalue weighted by Crippen LogP contribution is -2.25. The van der Waals surface area contributed by atoms with E-state index in [1.54, 1.807) is 6.07 Å². The van der Waals surface area contributed by atoms with Gasteiger partial charge in [-0.2, -0.15) is 8.78 Å². The van der Waals surface area contributed by atoms with Crippen LogP contribution in [0.1, 0.15) is 19.4 Å². The first kappa shape index (κ1) is 11.9. The highest BCUT2D eigenvalue weighted by Gasteiger charge is 2.29. The van der Waals surface area contributed by atoms with E-state index < -0.39 is 12.5 Å². The molecule has 2 nitrogen and oxygen atoms in total. The number of halogens is 2. The molecule has 0 heterocycles. The van der Waals surface area contributed by atoms with Crippen molar-refractivity contribution in [1.29, 1.82) is 0 Å². The van der Waals surface area contributed by atoms with Crippen LogP contribution in [-0.2, 0) is 5.92 Å². The molecule has 15 heavy (non-hydrogen) atoms. The lowest BCUT2D eigenvalue weighted by atomic mass is 10.1. The van der Waals surface area contributed by atoms with E-state index in [9.17, 15) is 8.78 Å². The predicted molar refractivity (Wildman–Crippen MR) is 55.2 cm³/mol. The SMILES string of the molecule is CC(C)Oc1cccc(C(F)(F)CN)c1. The number of nitrogens with two attached hydrogens (primary N) is 1. The summed E-state index contributed by atoms with van der Waals surface area (Å²) in [7, 11) is 0. The summed E-state index contributed by atoms with van der Waals surface area (Å²) in [6, 6.07) is 5.86. The van der Waals surface area contributed by atoms with Crippen LogP contribution in [0.25, 0.3) is 0 Å². The highest BCUT2D eigenvalue weighted by atomic mass is 19.3. The van der Waals surface area contributed by atoms with Gasteiger partial charge in [0.15, 0.2) is 0 Å². The lowest BCUT2D eigenvalue weighted by molar-refractivity contribution is 0.00563. The molecule has 0 aliphatic carbocycles. The largest absolute Gasteiger partial charge is 0.491 e. The van der Waals surface area contributed by atoms with E-state index in [1.807, 2.05) is 13.8 Å². The van der Waals surface area contributed by atoms with E-state index in [1.165, 1.54) is 18.2 Å². The minimum atomic E-state index is -2.99. The Morgan fingerprint density at radius 1 is 1.40 bits per heavy atom. The van der Waals surface area contributed by atoms with E-state index in [4.69, 9.17) is 10.5 Å². The van der Waals surface area contributed by atoms with Crippen LogP contribution in [0.3, 0.4) is 0 Å². The molecular formula is C11H15F2NO. The maximum atomic E-state index is 13.2. The van der Waals surface area contributed by atoms with Gasteiger partial charge in [-0.25, -0.2) is 0 Å². The van der Waals surface area contributed by atoms with Gasteiger partial charge in [0.05, 0.1) is 12.6 Å². The van der Waals surface area contributed by atoms with Crippen molar-refractivity contribution in [2.24, 2.45) is 5.73 Å². The maximum Gasteiger partial charge on any atom is 0.285 e. The first-order valence-corrected chi connectivity index (χ1v) is 4.81. The first-order valence-electron chi connectivity index (χ1n) is 4.81. The third-order valence-corrected chi connectivity index (χ3v) is 1.88. The molecule has 0 aliphatic heterocycles. The first-order chi connectivity index (χ1) is 6.95. The summed E-state index contributed by atoms with van der Waals surface area (Å²) in [4.78, 5) is 0. The van der Waals surface area contributed by atoms with Crippen molar-refractivity contribution in [2.75, 3.05) is 6.54 Å². The Bertz CT molecular complexity index is 326. The Morgan fingerprint density at radius 3 is 2.60 bits per heavy atom. The molecule has 1 aromatic rings. The van der Waals surface area contributed by atoms with Crippen LogP contribution < -0.4 is 10.5 Å². The number of hydrogen-bond acceptors (Lipinski definition) is 2. The third-order valence-electron chi connectivity index (χ3n) is 1.88. The van der Waals surface area contributed by atoms with Crippen molar-refractivity contribution in [3.63, 3.8) is 0 Å². The molecule has 0 saturated carbocycles. The molecule has 0 fully saturated rings. The Morgan fingerprint density at radius 2 is 2.07 bits per heavy atom. The zero-order chi connectivity index (χ0) is 11.5. The molecule has 84 valence electrons. The molecule has 0 unspecified atom stereocenters. The molecule has 0 radical (unpaired) electrons. The van der Waals surface area contributed by atoms with Gasteiger partial charge in [0.1, 0.15) is 5.75 Å². The van der Waals surface area contributed by atoms with Crippen LogP contribution in [0.15, 0.2) is 24.3 Å². The third kappa shape index (κ3) is 3.16. The quantitative estimate of drug-likeness (QED) is 0.837. The highest BCUT2D eigenvalue weighted by Crippen LogP contribution is 2.29. The topological polar surface area (TPSA) is 35.2 Å². The van der Waals surface area contributed by atoms with Crippen molar-refractivity contribution in [1.82, 2.24) is 0 Å². The van der Waals surface area contributed by atoms with E-state index in [0.717, 1.165) is 0 Å². The Balaban J connectivity index is 2.92. The molecule has 1 rings (SSSR count). The van der Waals surface area contributed by atoms with Crippen molar-refractivity contribution in [3.05, 3.63) is 29.8 Å². The fraction of sp³-hybridized carbons (Fsp3) is 0.455. The second-order valence-electron chi connectivity index (χ2n) is 3.60.